The second-order valence-electron chi connectivity index (χ2n) is 10.9. The molecule has 0 N–H and O–H groups in total. The number of carbonyl (C=O) groups is 2. The van der Waals surface area contributed by atoms with Gasteiger partial charge in [0.2, 0.25) is 0 Å². The summed E-state index contributed by atoms with van der Waals surface area (Å²) in [5.41, 5.74) is 2.46. The van der Waals surface area contributed by atoms with E-state index in [1.807, 2.05) is 36.4 Å². The van der Waals surface area contributed by atoms with E-state index < -0.39 is 36.4 Å². The van der Waals surface area contributed by atoms with Crippen molar-refractivity contribution in [2.45, 2.75) is 37.6 Å². The van der Waals surface area contributed by atoms with E-state index in [1.54, 1.807) is 50.6 Å². The number of carbonyl (C=O) groups excluding carboxylic acids is 2. The molecule has 2 aliphatic heterocycles. The molecular formula is C36H34O12. The van der Waals surface area contributed by atoms with Crippen LogP contribution in [0.3, 0.4) is 0 Å². The molecule has 2 heterocycles. The largest absolute Gasteiger partial charge is 0.497 e. The molecule has 0 radical (unpaired) electrons. The van der Waals surface area contributed by atoms with Gasteiger partial charge in [0.05, 0.1) is 38.6 Å². The number of fused-ring (bicyclic) bond motifs is 1. The van der Waals surface area contributed by atoms with E-state index in [4.69, 9.17) is 48.0 Å². The fourth-order valence-electron chi connectivity index (χ4n) is 5.09. The van der Waals surface area contributed by atoms with Crippen molar-refractivity contribution >= 4 is 11.9 Å². The molecule has 250 valence electrons. The van der Waals surface area contributed by atoms with Crippen LogP contribution in [0.15, 0.2) is 97.1 Å². The van der Waals surface area contributed by atoms with E-state index in [9.17, 15) is 9.59 Å². The Morgan fingerprint density at radius 1 is 0.583 bits per heavy atom. The van der Waals surface area contributed by atoms with Gasteiger partial charge in [-0.05, 0) is 83.9 Å². The second-order valence-corrected chi connectivity index (χ2v) is 10.9. The molecule has 48 heavy (non-hydrogen) atoms. The first-order valence-electron chi connectivity index (χ1n) is 15.2. The summed E-state index contributed by atoms with van der Waals surface area (Å²) in [5, 5.41) is 0. The summed E-state index contributed by atoms with van der Waals surface area (Å²) in [7, 11) is 3.16. The van der Waals surface area contributed by atoms with Gasteiger partial charge in [0.25, 0.3) is 0 Å². The smallest absolute Gasteiger partial charge is 0.343 e. The summed E-state index contributed by atoms with van der Waals surface area (Å²) in [6.45, 7) is 0.843. The fraction of sp³-hybridized carbons (Fsp3) is 0.278. The lowest BCUT2D eigenvalue weighted by molar-refractivity contribution is -0.341. The second kappa shape index (κ2) is 15.7. The van der Waals surface area contributed by atoms with E-state index in [2.05, 4.69) is 0 Å². The Labute approximate surface area is 276 Å². The van der Waals surface area contributed by atoms with Gasteiger partial charge < -0.3 is 33.3 Å². The molecule has 1 unspecified atom stereocenters. The monoisotopic (exact) mass is 658 g/mol. The SMILES string of the molecule is COc1ccc(COOc2ccc(COO[C@H]3CO[C@H]4C(OC(=O)c5ccc(OC(=O)c6ccc(OC)cc6)cc5)CO[C@@H]34)cc2)cc1. The highest BCUT2D eigenvalue weighted by Gasteiger charge is 2.50. The van der Waals surface area contributed by atoms with Crippen molar-refractivity contribution in [3.63, 3.8) is 0 Å². The van der Waals surface area contributed by atoms with Gasteiger partial charge in [0.15, 0.2) is 11.9 Å². The maximum absolute atomic E-state index is 12.9. The van der Waals surface area contributed by atoms with Gasteiger partial charge in [-0.2, -0.15) is 4.89 Å². The summed E-state index contributed by atoms with van der Waals surface area (Å²) < 4.78 is 33.0. The van der Waals surface area contributed by atoms with Crippen molar-refractivity contribution in [3.8, 4) is 23.0 Å². The van der Waals surface area contributed by atoms with Crippen molar-refractivity contribution < 1.29 is 57.6 Å². The highest BCUT2D eigenvalue weighted by molar-refractivity contribution is 5.92. The molecule has 4 atom stereocenters. The van der Waals surface area contributed by atoms with Crippen LogP contribution < -0.4 is 19.1 Å². The first kappa shape index (κ1) is 32.9. The number of ether oxygens (including phenoxy) is 6. The lowest BCUT2D eigenvalue weighted by atomic mass is 10.1. The summed E-state index contributed by atoms with van der Waals surface area (Å²) in [6.07, 6.45) is -2.07. The third-order valence-corrected chi connectivity index (χ3v) is 7.73. The lowest BCUT2D eigenvalue weighted by Gasteiger charge is -2.17. The van der Waals surface area contributed by atoms with Gasteiger partial charge in [-0.25, -0.2) is 19.4 Å². The summed E-state index contributed by atoms with van der Waals surface area (Å²) >= 11 is 0. The van der Waals surface area contributed by atoms with Crippen molar-refractivity contribution in [2.24, 2.45) is 0 Å². The summed E-state index contributed by atoms with van der Waals surface area (Å²) in [5.74, 6) is 1.15. The number of methoxy groups -OCH3 is 2. The van der Waals surface area contributed by atoms with Gasteiger partial charge in [-0.15, -0.1) is 0 Å². The molecule has 2 aliphatic rings. The minimum atomic E-state index is -0.622. The molecule has 12 nitrogen and oxygen atoms in total. The molecule has 4 aromatic carbocycles. The standard InChI is InChI=1S/C36H34O12/c1-39-27-11-3-23(4-12-27)19-43-47-30-13-5-24(6-14-30)20-44-48-32-22-42-33-31(21-41-34(32)33)46-36(38)26-9-17-29(18-10-26)45-35(37)25-7-15-28(40-2)16-8-25/h3-18,31-34H,19-22H2,1-2H3/t31?,32-,33-,34-/m0/s1. The zero-order valence-corrected chi connectivity index (χ0v) is 26.3. The van der Waals surface area contributed by atoms with Crippen molar-refractivity contribution in [1.29, 1.82) is 0 Å². The van der Waals surface area contributed by atoms with Crippen LogP contribution in [0, 0.1) is 0 Å². The maximum Gasteiger partial charge on any atom is 0.343 e. The van der Waals surface area contributed by atoms with E-state index >= 15 is 0 Å². The molecule has 0 aliphatic carbocycles. The van der Waals surface area contributed by atoms with Crippen LogP contribution in [0.1, 0.15) is 31.8 Å². The molecule has 12 heteroatoms. The van der Waals surface area contributed by atoms with Gasteiger partial charge >= 0.3 is 11.9 Å². The molecule has 4 aromatic rings. The molecule has 2 fully saturated rings. The first-order valence-corrected chi connectivity index (χ1v) is 15.2. The van der Waals surface area contributed by atoms with Crippen LogP contribution in [0.4, 0.5) is 0 Å². The van der Waals surface area contributed by atoms with Crippen molar-refractivity contribution in [3.05, 3.63) is 119 Å². The zero-order chi connectivity index (χ0) is 33.3. The van der Waals surface area contributed by atoms with E-state index in [1.165, 1.54) is 24.3 Å². The Hall–Kier alpha value is -4.98. The third-order valence-electron chi connectivity index (χ3n) is 7.73. The Morgan fingerprint density at radius 3 is 1.67 bits per heavy atom. The molecular weight excluding hydrogens is 624 g/mol. The normalized spacial score (nSPS) is 19.7. The zero-order valence-electron chi connectivity index (χ0n) is 26.3. The number of hydrogen-bond donors (Lipinski definition) is 0. The molecule has 0 aromatic heterocycles. The van der Waals surface area contributed by atoms with Crippen LogP contribution in [-0.2, 0) is 42.1 Å². The fourth-order valence-corrected chi connectivity index (χ4v) is 5.09. The van der Waals surface area contributed by atoms with E-state index in [0.29, 0.717) is 17.1 Å². The van der Waals surface area contributed by atoms with Gasteiger partial charge in [0.1, 0.15) is 48.8 Å². The summed E-state index contributed by atoms with van der Waals surface area (Å²) in [6, 6.07) is 27.4. The van der Waals surface area contributed by atoms with E-state index in [0.717, 1.165) is 16.9 Å². The van der Waals surface area contributed by atoms with E-state index in [-0.39, 0.29) is 37.7 Å². The van der Waals surface area contributed by atoms with Crippen molar-refractivity contribution in [1.82, 2.24) is 0 Å². The van der Waals surface area contributed by atoms with Gasteiger partial charge in [0, 0.05) is 0 Å². The average Bonchev–Trinajstić information content (AvgIpc) is 3.72. The Balaban J connectivity index is 0.904. The average molecular weight is 659 g/mol. The third kappa shape index (κ3) is 8.29. The first-order chi connectivity index (χ1) is 23.5. The number of benzene rings is 4. The minimum Gasteiger partial charge on any atom is -0.497 e. The minimum absolute atomic E-state index is 0.153. The van der Waals surface area contributed by atoms with Crippen LogP contribution in [0.2, 0.25) is 0 Å². The number of rotatable bonds is 14. The maximum atomic E-state index is 12.9. The Bertz CT molecular complexity index is 1640. The Kier molecular flexibility index (Phi) is 10.8. The number of esters is 2. The predicted molar refractivity (Wildman–Crippen MR) is 168 cm³/mol. The van der Waals surface area contributed by atoms with Gasteiger partial charge in [-0.1, -0.05) is 24.3 Å². The van der Waals surface area contributed by atoms with Crippen LogP contribution >= 0.6 is 0 Å². The van der Waals surface area contributed by atoms with Crippen LogP contribution in [-0.4, -0.2) is 63.8 Å². The number of hydrogen-bond acceptors (Lipinski definition) is 12. The molecule has 0 spiro atoms. The highest BCUT2D eigenvalue weighted by Crippen LogP contribution is 2.31. The highest BCUT2D eigenvalue weighted by atomic mass is 17.2. The molecule has 2 saturated heterocycles. The van der Waals surface area contributed by atoms with Crippen LogP contribution in [0.5, 0.6) is 23.0 Å². The molecule has 0 bridgehead atoms. The summed E-state index contributed by atoms with van der Waals surface area (Å²) in [4.78, 5) is 47.0. The quantitative estimate of drug-likeness (QED) is 0.0758. The van der Waals surface area contributed by atoms with Crippen molar-refractivity contribution in [2.75, 3.05) is 27.4 Å². The van der Waals surface area contributed by atoms with Crippen LogP contribution in [0.25, 0.3) is 0 Å². The molecule has 6 rings (SSSR count). The molecule has 0 amide bonds. The lowest BCUT2D eigenvalue weighted by Crippen LogP contribution is -2.35. The Morgan fingerprint density at radius 2 is 1.06 bits per heavy atom. The molecule has 0 saturated carbocycles. The topological polar surface area (TPSA) is 126 Å². The van der Waals surface area contributed by atoms with Gasteiger partial charge in [-0.3, -0.25) is 0 Å². The predicted octanol–water partition coefficient (Wildman–Crippen LogP) is 5.27.